The number of nitrogens with one attached hydrogen (secondary N) is 1. The Morgan fingerprint density at radius 2 is 0.889 bits per heavy atom. The maximum absolute atomic E-state index is 13.0. The summed E-state index contributed by atoms with van der Waals surface area (Å²) >= 11 is 0. The third kappa shape index (κ3) is 34.8. The van der Waals surface area contributed by atoms with Crippen LogP contribution in [0.1, 0.15) is 271 Å². The summed E-state index contributed by atoms with van der Waals surface area (Å²) in [6.45, 7) is 3.86. The predicted molar refractivity (Wildman–Crippen MR) is 263 cm³/mol. The molecular weight excluding hydrogens is 791 g/mol. The highest BCUT2D eigenvalue weighted by Crippen LogP contribution is 2.23. The third-order valence-electron chi connectivity index (χ3n) is 13.4. The van der Waals surface area contributed by atoms with Gasteiger partial charge in [0.15, 0.2) is 6.29 Å². The van der Waals surface area contributed by atoms with E-state index in [4.69, 9.17) is 9.47 Å². The lowest BCUT2D eigenvalue weighted by molar-refractivity contribution is -0.302. The molecule has 9 nitrogen and oxygen atoms in total. The van der Waals surface area contributed by atoms with Gasteiger partial charge in [0.2, 0.25) is 5.91 Å². The molecule has 1 saturated heterocycles. The van der Waals surface area contributed by atoms with Crippen LogP contribution in [0.15, 0.2) is 12.2 Å². The Kier molecular flexibility index (Phi) is 42.6. The van der Waals surface area contributed by atoms with Gasteiger partial charge < -0.3 is 40.3 Å². The molecule has 0 bridgehead atoms. The number of aliphatic hydroxyl groups excluding tert-OH is 5. The fourth-order valence-electron chi connectivity index (χ4n) is 8.98. The molecule has 0 aromatic carbocycles. The Hall–Kier alpha value is -1.07. The highest BCUT2D eigenvalue weighted by atomic mass is 16.7. The molecule has 1 fully saturated rings. The molecule has 0 spiro atoms. The van der Waals surface area contributed by atoms with Crippen LogP contribution >= 0.6 is 0 Å². The van der Waals surface area contributed by atoms with E-state index in [-0.39, 0.29) is 12.5 Å². The Morgan fingerprint density at radius 1 is 0.524 bits per heavy atom. The first-order valence-electron chi connectivity index (χ1n) is 27.4. The smallest absolute Gasteiger partial charge is 0.220 e. The number of aliphatic hydroxyl groups is 5. The van der Waals surface area contributed by atoms with Gasteiger partial charge in [-0.25, -0.2) is 0 Å². The van der Waals surface area contributed by atoms with Crippen molar-refractivity contribution in [3.8, 4) is 0 Å². The summed E-state index contributed by atoms with van der Waals surface area (Å²) in [5.41, 5.74) is 0. The summed E-state index contributed by atoms with van der Waals surface area (Å²) in [6, 6.07) is -0.714. The van der Waals surface area contributed by atoms with Crippen molar-refractivity contribution in [1.82, 2.24) is 5.32 Å². The molecule has 7 unspecified atom stereocenters. The zero-order valence-electron chi connectivity index (χ0n) is 41.4. The largest absolute Gasteiger partial charge is 0.394 e. The van der Waals surface area contributed by atoms with E-state index >= 15 is 0 Å². The van der Waals surface area contributed by atoms with Crippen molar-refractivity contribution in [2.45, 2.75) is 314 Å². The fourth-order valence-corrected chi connectivity index (χ4v) is 8.98. The molecule has 1 heterocycles. The second-order valence-electron chi connectivity index (χ2n) is 19.4. The number of hydrogen-bond donors (Lipinski definition) is 6. The van der Waals surface area contributed by atoms with E-state index in [1.54, 1.807) is 0 Å². The number of ether oxygens (including phenoxy) is 2. The molecule has 9 heteroatoms. The van der Waals surface area contributed by atoms with Gasteiger partial charge in [-0.1, -0.05) is 238 Å². The molecule has 374 valence electrons. The van der Waals surface area contributed by atoms with Crippen molar-refractivity contribution >= 4 is 5.91 Å². The first kappa shape index (κ1) is 59.9. The summed E-state index contributed by atoms with van der Waals surface area (Å²) in [5.74, 6) is -0.140. The maximum atomic E-state index is 13.0. The Labute approximate surface area is 388 Å². The summed E-state index contributed by atoms with van der Waals surface area (Å²) in [5, 5.41) is 54.5. The van der Waals surface area contributed by atoms with Gasteiger partial charge >= 0.3 is 0 Å². The Bertz CT molecular complexity index is 997. The summed E-state index contributed by atoms with van der Waals surface area (Å²) in [6.07, 6.45) is 46.7. The van der Waals surface area contributed by atoms with Crippen LogP contribution < -0.4 is 5.32 Å². The lowest BCUT2D eigenvalue weighted by Crippen LogP contribution is -2.60. The van der Waals surface area contributed by atoms with Crippen molar-refractivity contribution in [1.29, 1.82) is 0 Å². The molecule has 0 aliphatic carbocycles. The fraction of sp³-hybridized carbons (Fsp3) is 0.944. The molecular formula is C54H105NO8. The molecule has 0 radical (unpaired) electrons. The highest BCUT2D eigenvalue weighted by molar-refractivity contribution is 5.76. The second kappa shape index (κ2) is 44.7. The van der Waals surface area contributed by atoms with Gasteiger partial charge in [-0.3, -0.25) is 4.79 Å². The monoisotopic (exact) mass is 896 g/mol. The highest BCUT2D eigenvalue weighted by Gasteiger charge is 2.44. The maximum Gasteiger partial charge on any atom is 0.220 e. The van der Waals surface area contributed by atoms with Gasteiger partial charge in [0.05, 0.1) is 25.4 Å². The molecule has 7 atom stereocenters. The van der Waals surface area contributed by atoms with Crippen LogP contribution in [0.3, 0.4) is 0 Å². The molecule has 0 saturated carbocycles. The van der Waals surface area contributed by atoms with Crippen LogP contribution in [0.5, 0.6) is 0 Å². The van der Waals surface area contributed by atoms with Gasteiger partial charge in [0.1, 0.15) is 24.4 Å². The number of hydrogen-bond acceptors (Lipinski definition) is 8. The van der Waals surface area contributed by atoms with Crippen LogP contribution in [0.2, 0.25) is 0 Å². The molecule has 1 aliphatic rings. The average Bonchev–Trinajstić information content (AvgIpc) is 3.28. The molecule has 1 amide bonds. The quantitative estimate of drug-likeness (QED) is 0.0261. The summed E-state index contributed by atoms with van der Waals surface area (Å²) in [4.78, 5) is 13.0. The van der Waals surface area contributed by atoms with Crippen molar-refractivity contribution < 1.29 is 39.8 Å². The number of carbonyl (C=O) groups is 1. The number of rotatable bonds is 47. The summed E-state index contributed by atoms with van der Waals surface area (Å²) < 4.78 is 11.3. The van der Waals surface area contributed by atoms with Crippen LogP contribution in [-0.2, 0) is 14.3 Å². The molecule has 63 heavy (non-hydrogen) atoms. The van der Waals surface area contributed by atoms with Crippen molar-refractivity contribution in [2.24, 2.45) is 0 Å². The van der Waals surface area contributed by atoms with Crippen LogP contribution in [0.25, 0.3) is 0 Å². The number of unbranched alkanes of at least 4 members (excludes halogenated alkanes) is 35. The van der Waals surface area contributed by atoms with Gasteiger partial charge in [-0.15, -0.1) is 0 Å². The van der Waals surface area contributed by atoms with Crippen LogP contribution in [-0.4, -0.2) is 87.5 Å². The van der Waals surface area contributed by atoms with E-state index < -0.39 is 49.5 Å². The second-order valence-corrected chi connectivity index (χ2v) is 19.4. The minimum atomic E-state index is -1.55. The SMILES string of the molecule is CCCCCCCCCC/C=C\CCCCCCCCCCCCCCCCCC(=O)NC(COC1OC(CO)C(O)C(O)C1O)C(O)CCCCCCCCCCCCCCC. The van der Waals surface area contributed by atoms with E-state index in [0.29, 0.717) is 12.8 Å². The first-order chi connectivity index (χ1) is 30.8. The Morgan fingerprint density at radius 3 is 1.29 bits per heavy atom. The zero-order chi connectivity index (χ0) is 45.9. The number of amides is 1. The van der Waals surface area contributed by atoms with Gasteiger partial charge in [0.25, 0.3) is 0 Å². The van der Waals surface area contributed by atoms with Gasteiger partial charge in [-0.2, -0.15) is 0 Å². The number of allylic oxidation sites excluding steroid dienone is 2. The van der Waals surface area contributed by atoms with Gasteiger partial charge in [-0.05, 0) is 38.5 Å². The minimum Gasteiger partial charge on any atom is -0.394 e. The van der Waals surface area contributed by atoms with E-state index in [1.807, 2.05) is 0 Å². The van der Waals surface area contributed by atoms with Crippen molar-refractivity contribution in [3.05, 3.63) is 12.2 Å². The van der Waals surface area contributed by atoms with E-state index in [1.165, 1.54) is 205 Å². The van der Waals surface area contributed by atoms with Crippen molar-refractivity contribution in [2.75, 3.05) is 13.2 Å². The molecule has 0 aromatic rings. The van der Waals surface area contributed by atoms with Crippen LogP contribution in [0.4, 0.5) is 0 Å². The molecule has 1 aliphatic heterocycles. The Balaban J connectivity index is 2.16. The van der Waals surface area contributed by atoms with E-state index in [0.717, 1.165) is 38.5 Å². The lowest BCUT2D eigenvalue weighted by Gasteiger charge is -2.40. The van der Waals surface area contributed by atoms with Gasteiger partial charge in [0, 0.05) is 6.42 Å². The predicted octanol–water partition coefficient (Wildman–Crippen LogP) is 12.8. The molecule has 6 N–H and O–H groups in total. The number of carbonyl (C=O) groups excluding carboxylic acids is 1. The third-order valence-corrected chi connectivity index (χ3v) is 13.4. The standard InChI is InChI=1S/C54H105NO8/c1-3-5-7-9-11-13-15-17-18-19-20-21-22-23-24-25-26-27-28-29-30-32-34-36-38-40-42-44-50(58)55-47(46-62-54-53(61)52(60)51(59)49(45-56)63-54)48(57)43-41-39-37-35-33-31-16-14-12-10-8-6-4-2/h19-20,47-49,51-54,56-57,59-61H,3-18,21-46H2,1-2H3,(H,55,58)/b20-19-. The zero-order valence-corrected chi connectivity index (χ0v) is 41.4. The normalized spacial score (nSPS) is 20.1. The average molecular weight is 896 g/mol. The topological polar surface area (TPSA) is 149 Å². The first-order valence-corrected chi connectivity index (χ1v) is 27.4. The van der Waals surface area contributed by atoms with Crippen LogP contribution in [0, 0.1) is 0 Å². The lowest BCUT2D eigenvalue weighted by atomic mass is 9.99. The molecule has 0 aromatic heterocycles. The van der Waals surface area contributed by atoms with E-state index in [9.17, 15) is 30.3 Å². The minimum absolute atomic E-state index is 0.133. The van der Waals surface area contributed by atoms with E-state index in [2.05, 4.69) is 31.3 Å². The summed E-state index contributed by atoms with van der Waals surface area (Å²) in [7, 11) is 0. The van der Waals surface area contributed by atoms with Crippen molar-refractivity contribution in [3.63, 3.8) is 0 Å². The molecule has 1 rings (SSSR count).